The molecule has 0 unspecified atom stereocenters. The molecule has 0 fully saturated rings. The zero-order valence-electron chi connectivity index (χ0n) is 10.8. The predicted octanol–water partition coefficient (Wildman–Crippen LogP) is 2.47. The number of methoxy groups -OCH3 is 2. The lowest BCUT2D eigenvalue weighted by Gasteiger charge is -2.14. The molecule has 19 heavy (non-hydrogen) atoms. The first kappa shape index (κ1) is 13.0. The van der Waals surface area contributed by atoms with Gasteiger partial charge in [0.05, 0.1) is 19.8 Å². The molecule has 0 aliphatic heterocycles. The summed E-state index contributed by atoms with van der Waals surface area (Å²) in [4.78, 5) is 11.5. The first-order chi connectivity index (χ1) is 9.17. The Morgan fingerprint density at radius 1 is 1.05 bits per heavy atom. The van der Waals surface area contributed by atoms with Crippen LogP contribution in [0, 0.1) is 0 Å². The van der Waals surface area contributed by atoms with Crippen LogP contribution in [0.3, 0.4) is 0 Å². The van der Waals surface area contributed by atoms with E-state index in [1.807, 2.05) is 36.4 Å². The molecule has 0 bridgehead atoms. The molecular formula is C15H15NO3. The van der Waals surface area contributed by atoms with Gasteiger partial charge in [0.2, 0.25) is 0 Å². The maximum absolute atomic E-state index is 11.5. The van der Waals surface area contributed by atoms with Gasteiger partial charge in [0.25, 0.3) is 5.91 Å². The van der Waals surface area contributed by atoms with E-state index in [2.05, 4.69) is 0 Å². The van der Waals surface area contributed by atoms with Crippen molar-refractivity contribution in [2.75, 3.05) is 14.2 Å². The van der Waals surface area contributed by atoms with Gasteiger partial charge in [-0.25, -0.2) is 0 Å². The lowest BCUT2D eigenvalue weighted by molar-refractivity contribution is 0.0997. The Hall–Kier alpha value is -2.49. The van der Waals surface area contributed by atoms with E-state index < -0.39 is 5.91 Å². The van der Waals surface area contributed by atoms with Crippen molar-refractivity contribution in [2.24, 2.45) is 5.73 Å². The molecule has 0 aliphatic rings. The molecule has 2 aromatic carbocycles. The molecule has 2 N–H and O–H groups in total. The van der Waals surface area contributed by atoms with Crippen LogP contribution in [0.25, 0.3) is 11.1 Å². The number of primary amides is 1. The van der Waals surface area contributed by atoms with Gasteiger partial charge in [-0.3, -0.25) is 4.79 Å². The van der Waals surface area contributed by atoms with Gasteiger partial charge in [0, 0.05) is 5.56 Å². The van der Waals surface area contributed by atoms with Gasteiger partial charge < -0.3 is 15.2 Å². The summed E-state index contributed by atoms with van der Waals surface area (Å²) in [6, 6.07) is 13.0. The van der Waals surface area contributed by atoms with Crippen LogP contribution in [0.5, 0.6) is 11.5 Å². The summed E-state index contributed by atoms with van der Waals surface area (Å²) in [6.45, 7) is 0. The number of hydrogen-bond donors (Lipinski definition) is 1. The van der Waals surface area contributed by atoms with Gasteiger partial charge in [0.15, 0.2) is 0 Å². The summed E-state index contributed by atoms with van der Waals surface area (Å²) >= 11 is 0. The molecule has 0 radical (unpaired) electrons. The van der Waals surface area contributed by atoms with Crippen molar-refractivity contribution in [3.8, 4) is 22.6 Å². The highest BCUT2D eigenvalue weighted by Gasteiger charge is 2.17. The van der Waals surface area contributed by atoms with Crippen molar-refractivity contribution in [3.63, 3.8) is 0 Å². The summed E-state index contributed by atoms with van der Waals surface area (Å²) in [7, 11) is 3.06. The van der Waals surface area contributed by atoms with Crippen LogP contribution in [-0.4, -0.2) is 20.1 Å². The Bertz CT molecular complexity index is 594. The van der Waals surface area contributed by atoms with E-state index in [9.17, 15) is 4.79 Å². The zero-order chi connectivity index (χ0) is 13.8. The monoisotopic (exact) mass is 257 g/mol. The van der Waals surface area contributed by atoms with E-state index >= 15 is 0 Å². The number of benzene rings is 2. The zero-order valence-corrected chi connectivity index (χ0v) is 10.8. The number of rotatable bonds is 4. The molecule has 98 valence electrons. The quantitative estimate of drug-likeness (QED) is 0.915. The topological polar surface area (TPSA) is 61.5 Å². The van der Waals surface area contributed by atoms with Crippen LogP contribution in [-0.2, 0) is 0 Å². The highest BCUT2D eigenvalue weighted by atomic mass is 16.5. The maximum Gasteiger partial charge on any atom is 0.252 e. The molecule has 0 saturated heterocycles. The standard InChI is InChI=1S/C15H15NO3/c1-18-11-8-12(10-6-4-3-5-7-10)14(19-2)13(9-11)15(16)17/h3-9H,1-2H3,(H2,16,17). The second kappa shape index (κ2) is 5.44. The fourth-order valence-electron chi connectivity index (χ4n) is 1.96. The van der Waals surface area contributed by atoms with Crippen LogP contribution in [0.2, 0.25) is 0 Å². The summed E-state index contributed by atoms with van der Waals surface area (Å²) < 4.78 is 10.5. The van der Waals surface area contributed by atoms with E-state index in [0.717, 1.165) is 11.1 Å². The van der Waals surface area contributed by atoms with Gasteiger partial charge in [-0.15, -0.1) is 0 Å². The highest BCUT2D eigenvalue weighted by molar-refractivity contribution is 5.99. The molecule has 0 spiro atoms. The van der Waals surface area contributed by atoms with Gasteiger partial charge in [0.1, 0.15) is 11.5 Å². The van der Waals surface area contributed by atoms with Crippen molar-refractivity contribution in [3.05, 3.63) is 48.0 Å². The summed E-state index contributed by atoms with van der Waals surface area (Å²) in [5.74, 6) is 0.473. The molecule has 0 saturated carbocycles. The fourth-order valence-corrected chi connectivity index (χ4v) is 1.96. The molecule has 0 aromatic heterocycles. The molecule has 2 aromatic rings. The minimum atomic E-state index is -0.548. The third-order valence-electron chi connectivity index (χ3n) is 2.85. The fraction of sp³-hybridized carbons (Fsp3) is 0.133. The molecule has 1 amide bonds. The number of carbonyl (C=O) groups excluding carboxylic acids is 1. The van der Waals surface area contributed by atoms with E-state index in [4.69, 9.17) is 15.2 Å². The van der Waals surface area contributed by atoms with E-state index in [1.165, 1.54) is 7.11 Å². The Kier molecular flexibility index (Phi) is 3.71. The SMILES string of the molecule is COc1cc(C(N)=O)c(OC)c(-c2ccccc2)c1. The Labute approximate surface area is 111 Å². The first-order valence-electron chi connectivity index (χ1n) is 5.78. The molecule has 2 rings (SSSR count). The lowest BCUT2D eigenvalue weighted by Crippen LogP contribution is -2.13. The number of ether oxygens (including phenoxy) is 2. The molecular weight excluding hydrogens is 242 g/mol. The van der Waals surface area contributed by atoms with Gasteiger partial charge in [-0.2, -0.15) is 0 Å². The predicted molar refractivity (Wildman–Crippen MR) is 73.5 cm³/mol. The summed E-state index contributed by atoms with van der Waals surface area (Å²) in [5.41, 5.74) is 7.40. The molecule has 0 aliphatic carbocycles. The van der Waals surface area contributed by atoms with Crippen molar-refractivity contribution in [1.29, 1.82) is 0 Å². The second-order valence-corrected chi connectivity index (χ2v) is 3.99. The average Bonchev–Trinajstić information content (AvgIpc) is 2.46. The number of hydrogen-bond acceptors (Lipinski definition) is 3. The summed E-state index contributed by atoms with van der Waals surface area (Å²) in [6.07, 6.45) is 0. The molecule has 4 nitrogen and oxygen atoms in total. The molecule has 0 atom stereocenters. The number of nitrogens with two attached hydrogens (primary N) is 1. The molecule has 0 heterocycles. The largest absolute Gasteiger partial charge is 0.497 e. The minimum absolute atomic E-state index is 0.306. The highest BCUT2D eigenvalue weighted by Crippen LogP contribution is 2.36. The Morgan fingerprint density at radius 3 is 2.26 bits per heavy atom. The van der Waals surface area contributed by atoms with Crippen LogP contribution in [0.1, 0.15) is 10.4 Å². The van der Waals surface area contributed by atoms with Crippen molar-refractivity contribution in [2.45, 2.75) is 0 Å². The average molecular weight is 257 g/mol. The van der Waals surface area contributed by atoms with Crippen molar-refractivity contribution >= 4 is 5.91 Å². The van der Waals surface area contributed by atoms with Crippen LogP contribution < -0.4 is 15.2 Å². The lowest BCUT2D eigenvalue weighted by atomic mass is 10.0. The molecule has 4 heteroatoms. The Morgan fingerprint density at radius 2 is 1.74 bits per heavy atom. The van der Waals surface area contributed by atoms with Crippen molar-refractivity contribution in [1.82, 2.24) is 0 Å². The van der Waals surface area contributed by atoms with Gasteiger partial charge in [-0.1, -0.05) is 30.3 Å². The van der Waals surface area contributed by atoms with Crippen molar-refractivity contribution < 1.29 is 14.3 Å². The number of amides is 1. The Balaban J connectivity index is 2.71. The van der Waals surface area contributed by atoms with Gasteiger partial charge in [-0.05, 0) is 17.7 Å². The van der Waals surface area contributed by atoms with E-state index in [0.29, 0.717) is 17.1 Å². The van der Waals surface area contributed by atoms with Crippen LogP contribution in [0.4, 0.5) is 0 Å². The summed E-state index contributed by atoms with van der Waals surface area (Å²) in [5, 5.41) is 0. The third-order valence-corrected chi connectivity index (χ3v) is 2.85. The van der Waals surface area contributed by atoms with Gasteiger partial charge >= 0.3 is 0 Å². The first-order valence-corrected chi connectivity index (χ1v) is 5.78. The van der Waals surface area contributed by atoms with E-state index in [1.54, 1.807) is 13.2 Å². The van der Waals surface area contributed by atoms with Crippen LogP contribution in [0.15, 0.2) is 42.5 Å². The normalized spacial score (nSPS) is 10.0. The second-order valence-electron chi connectivity index (χ2n) is 3.99. The van der Waals surface area contributed by atoms with Crippen LogP contribution >= 0.6 is 0 Å². The third kappa shape index (κ3) is 2.52. The number of carbonyl (C=O) groups is 1. The minimum Gasteiger partial charge on any atom is -0.497 e. The smallest absolute Gasteiger partial charge is 0.252 e. The van der Waals surface area contributed by atoms with E-state index in [-0.39, 0.29) is 0 Å². The maximum atomic E-state index is 11.5.